The average Bonchev–Trinajstić information content (AvgIpc) is 3.15. The van der Waals surface area contributed by atoms with Gasteiger partial charge in [-0.1, -0.05) is 57.5 Å². The van der Waals surface area contributed by atoms with Crippen LogP contribution in [-0.4, -0.2) is 39.6 Å². The zero-order valence-electron chi connectivity index (χ0n) is 17.4. The van der Waals surface area contributed by atoms with Gasteiger partial charge in [-0.2, -0.15) is 0 Å². The number of halogens is 1. The van der Waals surface area contributed by atoms with E-state index in [9.17, 15) is 0 Å². The smallest absolute Gasteiger partial charge is 0.209 e. The van der Waals surface area contributed by atoms with E-state index in [0.29, 0.717) is 13.2 Å². The summed E-state index contributed by atoms with van der Waals surface area (Å²) in [5.41, 5.74) is 3.40. The number of ether oxygens (including phenoxy) is 2. The Morgan fingerprint density at radius 2 is 2.10 bits per heavy atom. The largest absolute Gasteiger partial charge is 0.493 e. The van der Waals surface area contributed by atoms with Crippen LogP contribution in [0.3, 0.4) is 0 Å². The van der Waals surface area contributed by atoms with E-state index in [-0.39, 0.29) is 0 Å². The molecule has 2 aromatic carbocycles. The van der Waals surface area contributed by atoms with Crippen LogP contribution < -0.4 is 14.8 Å². The van der Waals surface area contributed by atoms with Crippen LogP contribution in [0.25, 0.3) is 0 Å². The number of nitrogens with zero attached hydrogens (tertiary/aromatic N) is 4. The van der Waals surface area contributed by atoms with Crippen molar-refractivity contribution in [3.63, 3.8) is 0 Å². The Kier molecular flexibility index (Phi) is 8.53. The molecule has 1 heterocycles. The highest BCUT2D eigenvalue weighted by molar-refractivity contribution is 9.10. The Bertz CT molecular complexity index is 966. The van der Waals surface area contributed by atoms with Crippen LogP contribution >= 0.6 is 27.7 Å². The van der Waals surface area contributed by atoms with Gasteiger partial charge < -0.3 is 14.8 Å². The van der Waals surface area contributed by atoms with Crippen LogP contribution in [-0.2, 0) is 20.2 Å². The van der Waals surface area contributed by atoms with Crippen LogP contribution in [0.4, 0.5) is 0 Å². The van der Waals surface area contributed by atoms with Gasteiger partial charge >= 0.3 is 0 Å². The van der Waals surface area contributed by atoms with Gasteiger partial charge in [0.2, 0.25) is 5.16 Å². The third-order valence-corrected chi connectivity index (χ3v) is 6.30. The molecule has 0 fully saturated rings. The number of methoxy groups -OCH3 is 1. The molecule has 0 unspecified atom stereocenters. The van der Waals surface area contributed by atoms with Gasteiger partial charge in [-0.15, -0.1) is 5.10 Å². The van der Waals surface area contributed by atoms with Gasteiger partial charge in [-0.3, -0.25) is 0 Å². The minimum absolute atomic E-state index is 0.490. The molecule has 1 aromatic heterocycles. The molecule has 0 saturated heterocycles. The summed E-state index contributed by atoms with van der Waals surface area (Å²) >= 11 is 5.31. The van der Waals surface area contributed by atoms with Gasteiger partial charge in [-0.05, 0) is 48.0 Å². The number of thioether (sulfide) groups is 1. The van der Waals surface area contributed by atoms with Crippen LogP contribution in [0.2, 0.25) is 0 Å². The van der Waals surface area contributed by atoms with Gasteiger partial charge in [0.25, 0.3) is 0 Å². The number of hydrogen-bond donors (Lipinski definition) is 1. The molecule has 0 bridgehead atoms. The van der Waals surface area contributed by atoms with Crippen molar-refractivity contribution < 1.29 is 9.47 Å². The molecule has 0 aliphatic carbocycles. The van der Waals surface area contributed by atoms with Crippen LogP contribution in [0.5, 0.6) is 11.5 Å². The van der Waals surface area contributed by atoms with Gasteiger partial charge in [0.05, 0.1) is 7.11 Å². The van der Waals surface area contributed by atoms with Crippen molar-refractivity contribution in [2.75, 3.05) is 19.4 Å². The third-order valence-electron chi connectivity index (χ3n) is 4.46. The van der Waals surface area contributed by atoms with Gasteiger partial charge in [0, 0.05) is 29.4 Å². The number of aryl methyl sites for hydroxylation is 2. The molecule has 9 heteroatoms. The number of hydrogen-bond acceptors (Lipinski definition) is 7. The predicted molar refractivity (Wildman–Crippen MR) is 122 cm³/mol. The second-order valence-electron chi connectivity index (χ2n) is 6.80. The summed E-state index contributed by atoms with van der Waals surface area (Å²) in [4.78, 5) is 0. The van der Waals surface area contributed by atoms with Crippen molar-refractivity contribution >= 4 is 27.7 Å². The third kappa shape index (κ3) is 6.20. The zero-order valence-corrected chi connectivity index (χ0v) is 19.8. The summed E-state index contributed by atoms with van der Waals surface area (Å²) in [6.07, 6.45) is 0.999. The second-order valence-corrected chi connectivity index (χ2v) is 8.72. The molecular weight excluding hydrogens is 466 g/mol. The van der Waals surface area contributed by atoms with E-state index in [4.69, 9.17) is 9.47 Å². The lowest BCUT2D eigenvalue weighted by molar-refractivity contribution is 0.280. The molecular formula is C21H26BrN5O2S. The number of benzene rings is 2. The van der Waals surface area contributed by atoms with Crippen molar-refractivity contribution in [2.45, 2.75) is 31.7 Å². The molecule has 1 N–H and O–H groups in total. The zero-order chi connectivity index (χ0) is 21.3. The summed E-state index contributed by atoms with van der Waals surface area (Å²) in [5.74, 6) is 2.44. The topological polar surface area (TPSA) is 74.1 Å². The van der Waals surface area contributed by atoms with Gasteiger partial charge in [-0.25, -0.2) is 4.68 Å². The van der Waals surface area contributed by atoms with Gasteiger partial charge in [0.15, 0.2) is 11.5 Å². The molecule has 160 valence electrons. The quantitative estimate of drug-likeness (QED) is 0.319. The average molecular weight is 492 g/mol. The fourth-order valence-electron chi connectivity index (χ4n) is 2.94. The fourth-order valence-corrected chi connectivity index (χ4v) is 4.18. The first-order valence-electron chi connectivity index (χ1n) is 9.68. The van der Waals surface area contributed by atoms with E-state index >= 15 is 0 Å². The van der Waals surface area contributed by atoms with Crippen molar-refractivity contribution in [1.82, 2.24) is 25.5 Å². The molecule has 7 nitrogen and oxygen atoms in total. The van der Waals surface area contributed by atoms with Crippen LogP contribution in [0.15, 0.2) is 46.0 Å². The highest BCUT2D eigenvalue weighted by atomic mass is 79.9. The minimum atomic E-state index is 0.490. The first kappa shape index (κ1) is 22.6. The monoisotopic (exact) mass is 491 g/mol. The number of tetrazole rings is 1. The maximum absolute atomic E-state index is 6.20. The molecule has 0 atom stereocenters. The van der Waals surface area contributed by atoms with Crippen LogP contribution in [0, 0.1) is 6.92 Å². The van der Waals surface area contributed by atoms with Crippen molar-refractivity contribution in [3.05, 3.63) is 57.6 Å². The molecule has 3 rings (SSSR count). The van der Waals surface area contributed by atoms with Crippen LogP contribution in [0.1, 0.15) is 23.1 Å². The Morgan fingerprint density at radius 1 is 1.23 bits per heavy atom. The summed E-state index contributed by atoms with van der Waals surface area (Å²) in [7, 11) is 3.51. The predicted octanol–water partition coefficient (Wildman–Crippen LogP) is 4.14. The Labute approximate surface area is 189 Å². The van der Waals surface area contributed by atoms with Gasteiger partial charge in [0.1, 0.15) is 6.61 Å². The lowest BCUT2D eigenvalue weighted by atomic mass is 10.1. The highest BCUT2D eigenvalue weighted by Crippen LogP contribution is 2.36. The van der Waals surface area contributed by atoms with E-state index in [0.717, 1.165) is 51.0 Å². The minimum Gasteiger partial charge on any atom is -0.493 e. The van der Waals surface area contributed by atoms with Crippen molar-refractivity contribution in [1.29, 1.82) is 0 Å². The lowest BCUT2D eigenvalue weighted by Crippen LogP contribution is -2.17. The standard InChI is InChI=1S/C21H26BrN5O2S/c1-15-6-4-7-16(12-15)14-29-20-17(18(22)8-9-19(20)28-3)13-23-10-5-11-30-21-24-25-26-27(21)2/h4,6-9,12,23H,5,10-11,13-14H2,1-3H3. The summed E-state index contributed by atoms with van der Waals surface area (Å²) in [6.45, 7) is 4.12. The molecule has 0 saturated carbocycles. The van der Waals surface area contributed by atoms with E-state index in [2.05, 4.69) is 61.9 Å². The van der Waals surface area contributed by atoms with Crippen molar-refractivity contribution in [3.8, 4) is 11.5 Å². The van der Waals surface area contributed by atoms with E-state index in [1.807, 2.05) is 25.2 Å². The SMILES string of the molecule is COc1ccc(Br)c(CNCCCSc2nnnn2C)c1OCc1cccc(C)c1. The van der Waals surface area contributed by atoms with Crippen molar-refractivity contribution in [2.24, 2.45) is 7.05 Å². The molecule has 0 spiro atoms. The molecule has 30 heavy (non-hydrogen) atoms. The molecule has 3 aromatic rings. The molecule has 0 amide bonds. The summed E-state index contributed by atoms with van der Waals surface area (Å²) in [6, 6.07) is 12.2. The Morgan fingerprint density at radius 3 is 2.83 bits per heavy atom. The molecule has 0 radical (unpaired) electrons. The first-order valence-corrected chi connectivity index (χ1v) is 11.5. The lowest BCUT2D eigenvalue weighted by Gasteiger charge is -2.17. The Balaban J connectivity index is 1.57. The summed E-state index contributed by atoms with van der Waals surface area (Å²) < 4.78 is 14.4. The highest BCUT2D eigenvalue weighted by Gasteiger charge is 2.15. The normalized spacial score (nSPS) is 10.9. The number of aromatic nitrogens is 4. The molecule has 0 aliphatic rings. The first-order chi connectivity index (χ1) is 14.6. The summed E-state index contributed by atoms with van der Waals surface area (Å²) in [5, 5.41) is 15.8. The fraction of sp³-hybridized carbons (Fsp3) is 0.381. The van der Waals surface area contributed by atoms with E-state index in [1.54, 1.807) is 23.6 Å². The maximum atomic E-state index is 6.20. The Hall–Kier alpha value is -2.10. The van der Waals surface area contributed by atoms with E-state index < -0.39 is 0 Å². The second kappa shape index (κ2) is 11.3. The maximum Gasteiger partial charge on any atom is 0.209 e. The van der Waals surface area contributed by atoms with E-state index in [1.165, 1.54) is 5.56 Å². The molecule has 0 aliphatic heterocycles. The number of nitrogens with one attached hydrogen (secondary N) is 1. The number of rotatable bonds is 11.